The van der Waals surface area contributed by atoms with E-state index in [4.69, 9.17) is 11.6 Å². The molecule has 0 saturated heterocycles. The number of carbonyl (C=O) groups is 2. The summed E-state index contributed by atoms with van der Waals surface area (Å²) in [6, 6.07) is 6.98. The molecule has 1 aliphatic heterocycles. The topological polar surface area (TPSA) is 67.2 Å². The van der Waals surface area contributed by atoms with E-state index in [-0.39, 0.29) is 17.9 Å². The van der Waals surface area contributed by atoms with E-state index in [2.05, 4.69) is 10.3 Å². The van der Waals surface area contributed by atoms with Crippen LogP contribution in [0, 0.1) is 0 Å². The molecule has 6 nitrogen and oxygen atoms in total. The predicted molar refractivity (Wildman–Crippen MR) is 102 cm³/mol. The third-order valence-electron chi connectivity index (χ3n) is 4.31. The molecule has 1 N–H and O–H groups in total. The Bertz CT molecular complexity index is 982. The van der Waals surface area contributed by atoms with Crippen molar-refractivity contribution in [2.24, 2.45) is 0 Å². The van der Waals surface area contributed by atoms with E-state index < -0.39 is 0 Å². The molecule has 0 unspecified atom stereocenters. The first kappa shape index (κ1) is 16.8. The van der Waals surface area contributed by atoms with Crippen LogP contribution in [-0.4, -0.2) is 27.9 Å². The number of halogens is 1. The van der Waals surface area contributed by atoms with E-state index >= 15 is 0 Å². The van der Waals surface area contributed by atoms with Crippen LogP contribution in [0.15, 0.2) is 48.2 Å². The number of thiophene rings is 1. The fourth-order valence-corrected chi connectivity index (χ4v) is 3.95. The minimum absolute atomic E-state index is 0.0429. The predicted octanol–water partition coefficient (Wildman–Crippen LogP) is 4.07. The first-order valence-corrected chi connectivity index (χ1v) is 9.28. The zero-order valence-electron chi connectivity index (χ0n) is 13.8. The molecule has 4 rings (SSSR count). The van der Waals surface area contributed by atoms with E-state index in [0.717, 1.165) is 5.69 Å². The molecule has 0 bridgehead atoms. The highest BCUT2D eigenvalue weighted by molar-refractivity contribution is 7.14. The molecule has 0 saturated carbocycles. The molecule has 26 heavy (non-hydrogen) atoms. The van der Waals surface area contributed by atoms with Crippen LogP contribution in [0.25, 0.3) is 0 Å². The summed E-state index contributed by atoms with van der Waals surface area (Å²) < 4.78 is 2.47. The van der Waals surface area contributed by atoms with Crippen molar-refractivity contribution in [1.82, 2.24) is 9.55 Å². The van der Waals surface area contributed by atoms with Gasteiger partial charge in [0.05, 0.1) is 27.5 Å². The van der Waals surface area contributed by atoms with Crippen molar-refractivity contribution in [2.75, 3.05) is 16.8 Å². The molecule has 0 aliphatic carbocycles. The quantitative estimate of drug-likeness (QED) is 0.737. The smallest absolute Gasteiger partial charge is 0.275 e. The maximum Gasteiger partial charge on any atom is 0.275 e. The lowest BCUT2D eigenvalue weighted by Gasteiger charge is -2.32. The van der Waals surface area contributed by atoms with Crippen LogP contribution in [0.2, 0.25) is 4.34 Å². The van der Waals surface area contributed by atoms with Crippen LogP contribution in [0.4, 0.5) is 11.4 Å². The van der Waals surface area contributed by atoms with Crippen molar-refractivity contribution in [1.29, 1.82) is 0 Å². The molecule has 4 heterocycles. The molecule has 8 heteroatoms. The van der Waals surface area contributed by atoms with Gasteiger partial charge in [0.15, 0.2) is 0 Å². The standard InChI is InChI=1S/C18H15ClN4O2S/c1-11-9-23(13-7-15(19)26-10-13)18(25)16-14(4-6-22(11)16)17(24)21-12-3-2-5-20-8-12/h2-8,10-11H,9H2,1H3,(H,21,24)/t11-/m0/s1. The maximum absolute atomic E-state index is 13.1. The number of amides is 2. The van der Waals surface area contributed by atoms with Gasteiger partial charge in [-0.15, -0.1) is 11.3 Å². The molecular weight excluding hydrogens is 372 g/mol. The van der Waals surface area contributed by atoms with Gasteiger partial charge in [-0.1, -0.05) is 11.6 Å². The molecule has 3 aromatic rings. The second kappa shape index (κ2) is 6.59. The molecule has 0 radical (unpaired) electrons. The number of anilines is 2. The van der Waals surface area contributed by atoms with Gasteiger partial charge in [0, 0.05) is 30.4 Å². The van der Waals surface area contributed by atoms with Crippen LogP contribution in [-0.2, 0) is 0 Å². The van der Waals surface area contributed by atoms with Crippen molar-refractivity contribution in [3.63, 3.8) is 0 Å². The Kier molecular flexibility index (Phi) is 4.26. The van der Waals surface area contributed by atoms with Crippen molar-refractivity contribution >= 4 is 46.1 Å². The molecule has 0 fully saturated rings. The third-order valence-corrected chi connectivity index (χ3v) is 5.39. The molecule has 0 spiro atoms. The molecule has 1 aliphatic rings. The second-order valence-electron chi connectivity index (χ2n) is 6.05. The number of nitrogens with one attached hydrogen (secondary N) is 1. The summed E-state index contributed by atoms with van der Waals surface area (Å²) in [5.74, 6) is -0.545. The highest BCUT2D eigenvalue weighted by atomic mass is 35.5. The number of pyridine rings is 1. The normalized spacial score (nSPS) is 16.5. The summed E-state index contributed by atoms with van der Waals surface area (Å²) in [7, 11) is 0. The van der Waals surface area contributed by atoms with Crippen LogP contribution in [0.3, 0.4) is 0 Å². The zero-order chi connectivity index (χ0) is 18.3. The molecular formula is C18H15ClN4O2S. The Morgan fingerprint density at radius 3 is 2.96 bits per heavy atom. The number of hydrogen-bond acceptors (Lipinski definition) is 4. The molecule has 2 amide bonds. The SMILES string of the molecule is C[C@H]1CN(c2csc(Cl)c2)C(=O)c2c(C(=O)Nc3cccnc3)ccn21. The van der Waals surface area contributed by atoms with Crippen molar-refractivity contribution in [3.05, 3.63) is 63.8 Å². The van der Waals surface area contributed by atoms with Crippen LogP contribution < -0.4 is 10.2 Å². The first-order valence-electron chi connectivity index (χ1n) is 8.02. The number of rotatable bonds is 3. The summed E-state index contributed by atoms with van der Waals surface area (Å²) >= 11 is 7.40. The van der Waals surface area contributed by atoms with E-state index in [1.54, 1.807) is 47.8 Å². The highest BCUT2D eigenvalue weighted by Crippen LogP contribution is 2.33. The summed E-state index contributed by atoms with van der Waals surface area (Å²) in [5.41, 5.74) is 2.06. The number of aromatic nitrogens is 2. The minimum Gasteiger partial charge on any atom is -0.338 e. The van der Waals surface area contributed by atoms with Crippen molar-refractivity contribution in [3.8, 4) is 0 Å². The Morgan fingerprint density at radius 2 is 2.27 bits per heavy atom. The fourth-order valence-electron chi connectivity index (χ4n) is 3.09. The highest BCUT2D eigenvalue weighted by Gasteiger charge is 2.34. The van der Waals surface area contributed by atoms with Gasteiger partial charge in [-0.05, 0) is 31.2 Å². The average Bonchev–Trinajstić information content (AvgIpc) is 3.26. The number of nitrogens with zero attached hydrogens (tertiary/aromatic N) is 3. The van der Waals surface area contributed by atoms with E-state index in [1.165, 1.54) is 11.3 Å². The van der Waals surface area contributed by atoms with Gasteiger partial charge in [0.1, 0.15) is 5.69 Å². The largest absolute Gasteiger partial charge is 0.338 e. The molecule has 0 aromatic carbocycles. The van der Waals surface area contributed by atoms with Crippen LogP contribution >= 0.6 is 22.9 Å². The summed E-state index contributed by atoms with van der Waals surface area (Å²) in [4.78, 5) is 31.4. The monoisotopic (exact) mass is 386 g/mol. The Morgan fingerprint density at radius 1 is 1.42 bits per heavy atom. The third kappa shape index (κ3) is 2.89. The van der Waals surface area contributed by atoms with Gasteiger partial charge in [-0.3, -0.25) is 14.6 Å². The van der Waals surface area contributed by atoms with Gasteiger partial charge < -0.3 is 14.8 Å². The lowest BCUT2D eigenvalue weighted by atomic mass is 10.1. The van der Waals surface area contributed by atoms with Gasteiger partial charge in [-0.25, -0.2) is 0 Å². The lowest BCUT2D eigenvalue weighted by Crippen LogP contribution is -2.42. The van der Waals surface area contributed by atoms with Crippen LogP contribution in [0.5, 0.6) is 0 Å². The summed E-state index contributed by atoms with van der Waals surface area (Å²) in [5, 5.41) is 4.63. The van der Waals surface area contributed by atoms with E-state index in [9.17, 15) is 9.59 Å². The van der Waals surface area contributed by atoms with E-state index in [0.29, 0.717) is 27.8 Å². The van der Waals surface area contributed by atoms with Gasteiger partial charge in [0.25, 0.3) is 11.8 Å². The number of fused-ring (bicyclic) bond motifs is 1. The minimum atomic E-state index is -0.336. The first-order chi connectivity index (χ1) is 12.5. The van der Waals surface area contributed by atoms with Gasteiger partial charge in [-0.2, -0.15) is 0 Å². The Labute approximate surface area is 159 Å². The average molecular weight is 387 g/mol. The molecule has 1 atom stereocenters. The lowest BCUT2D eigenvalue weighted by molar-refractivity contribution is 0.0942. The summed E-state index contributed by atoms with van der Waals surface area (Å²) in [6.07, 6.45) is 4.98. The van der Waals surface area contributed by atoms with Gasteiger partial charge in [0.2, 0.25) is 0 Å². The maximum atomic E-state index is 13.1. The Hall–Kier alpha value is -2.64. The van der Waals surface area contributed by atoms with Crippen LogP contribution in [0.1, 0.15) is 33.8 Å². The fraction of sp³-hybridized carbons (Fsp3) is 0.167. The van der Waals surface area contributed by atoms with E-state index in [1.807, 2.05) is 16.9 Å². The number of hydrogen-bond donors (Lipinski definition) is 1. The zero-order valence-corrected chi connectivity index (χ0v) is 15.4. The van der Waals surface area contributed by atoms with Crippen molar-refractivity contribution in [2.45, 2.75) is 13.0 Å². The summed E-state index contributed by atoms with van der Waals surface area (Å²) in [6.45, 7) is 2.54. The molecule has 3 aromatic heterocycles. The molecule has 132 valence electrons. The van der Waals surface area contributed by atoms with Gasteiger partial charge >= 0.3 is 0 Å². The van der Waals surface area contributed by atoms with Crippen molar-refractivity contribution < 1.29 is 9.59 Å². The number of carbonyl (C=O) groups excluding carboxylic acids is 2. The second-order valence-corrected chi connectivity index (χ2v) is 7.60. The Balaban J connectivity index is 1.69.